The molecule has 1 aliphatic heterocycles. The number of nitrogens with zero attached hydrogens (tertiary/aromatic N) is 1. The summed E-state index contributed by atoms with van der Waals surface area (Å²) in [6.07, 6.45) is 1.58. The fourth-order valence-corrected chi connectivity index (χ4v) is 8.34. The molecule has 2 aromatic carbocycles. The van der Waals surface area contributed by atoms with Crippen molar-refractivity contribution in [1.82, 2.24) is 0 Å². The van der Waals surface area contributed by atoms with Crippen molar-refractivity contribution in [3.05, 3.63) is 53.1 Å². The van der Waals surface area contributed by atoms with E-state index in [0.717, 1.165) is 24.1 Å². The Labute approximate surface area is 203 Å². The number of aryl methyl sites for hydroxylation is 1. The molecule has 0 fully saturated rings. The molecule has 0 unspecified atom stereocenters. The van der Waals surface area contributed by atoms with Crippen LogP contribution in [0.15, 0.2) is 41.3 Å². The van der Waals surface area contributed by atoms with Gasteiger partial charge in [-0.2, -0.15) is 0 Å². The van der Waals surface area contributed by atoms with E-state index in [0.29, 0.717) is 18.0 Å². The lowest BCUT2D eigenvalue weighted by Crippen LogP contribution is -2.43. The van der Waals surface area contributed by atoms with Crippen molar-refractivity contribution in [2.24, 2.45) is 0 Å². The lowest BCUT2D eigenvalue weighted by Gasteiger charge is -2.36. The second kappa shape index (κ2) is 8.98. The number of fused-ring (bicyclic) bond motifs is 1. The average Bonchev–Trinajstić information content (AvgIpc) is 3.12. The second-order valence-electron chi connectivity index (χ2n) is 11.8. The summed E-state index contributed by atoms with van der Waals surface area (Å²) in [6.45, 7) is 21.4. The van der Waals surface area contributed by atoms with Crippen LogP contribution in [0.25, 0.3) is 0 Å². The van der Waals surface area contributed by atoms with E-state index in [1.54, 1.807) is 16.4 Å². The lowest BCUT2D eigenvalue weighted by atomic mass is 10.0. The van der Waals surface area contributed by atoms with Gasteiger partial charge in [0.25, 0.3) is 10.0 Å². The summed E-state index contributed by atoms with van der Waals surface area (Å²) in [5.74, 6) is 0. The van der Waals surface area contributed by atoms with Gasteiger partial charge in [-0.05, 0) is 66.3 Å². The highest BCUT2D eigenvalue weighted by molar-refractivity contribution is 7.92. The fraction of sp³-hybridized carbons (Fsp3) is 0.538. The van der Waals surface area contributed by atoms with Crippen LogP contribution in [0.3, 0.4) is 0 Å². The maximum atomic E-state index is 13.7. The molecule has 1 aliphatic rings. The molecule has 0 spiro atoms. The van der Waals surface area contributed by atoms with Crippen LogP contribution in [0.1, 0.15) is 37.5 Å². The van der Waals surface area contributed by atoms with Gasteiger partial charge in [-0.25, -0.2) is 8.42 Å². The van der Waals surface area contributed by atoms with E-state index in [1.807, 2.05) is 19.1 Å². The smallest absolute Gasteiger partial charge is 0.264 e. The summed E-state index contributed by atoms with van der Waals surface area (Å²) in [7, 11) is -7.18. The van der Waals surface area contributed by atoms with Crippen molar-refractivity contribution in [3.63, 3.8) is 0 Å². The predicted molar refractivity (Wildman–Crippen MR) is 146 cm³/mol. The highest BCUT2D eigenvalue weighted by Crippen LogP contribution is 2.38. The van der Waals surface area contributed by atoms with Gasteiger partial charge in [0.15, 0.2) is 8.32 Å². The Morgan fingerprint density at radius 2 is 1.58 bits per heavy atom. The van der Waals surface area contributed by atoms with Crippen LogP contribution in [0.5, 0.6) is 0 Å². The lowest BCUT2D eigenvalue weighted by molar-refractivity contribution is 0.291. The Morgan fingerprint density at radius 3 is 2.12 bits per heavy atom. The van der Waals surface area contributed by atoms with Crippen LogP contribution in [0.2, 0.25) is 37.8 Å². The predicted octanol–water partition coefficient (Wildman–Crippen LogP) is 5.86. The summed E-state index contributed by atoms with van der Waals surface area (Å²) in [5, 5.41) is 1.40. The Kier molecular flexibility index (Phi) is 7.13. The van der Waals surface area contributed by atoms with E-state index in [9.17, 15) is 8.42 Å². The highest BCUT2D eigenvalue weighted by Gasteiger charge is 2.38. The first-order valence-corrected chi connectivity index (χ1v) is 19.8. The molecule has 0 atom stereocenters. The second-order valence-corrected chi connectivity index (χ2v) is 23.6. The molecule has 33 heavy (non-hydrogen) atoms. The molecule has 1 heterocycles. The molecule has 0 bridgehead atoms. The van der Waals surface area contributed by atoms with Gasteiger partial charge in [-0.15, -0.1) is 0 Å². The normalized spacial score (nSPS) is 15.1. The van der Waals surface area contributed by atoms with E-state index < -0.39 is 26.4 Å². The molecule has 0 N–H and O–H groups in total. The highest BCUT2D eigenvalue weighted by atomic mass is 32.2. The number of anilines is 1. The Hall–Kier alpha value is -1.42. The molecule has 182 valence electrons. The van der Waals surface area contributed by atoms with Crippen LogP contribution < -0.4 is 9.49 Å². The third kappa shape index (κ3) is 5.31. The first-order chi connectivity index (χ1) is 15.1. The van der Waals surface area contributed by atoms with Crippen LogP contribution in [0.4, 0.5) is 5.69 Å². The van der Waals surface area contributed by atoms with Crippen molar-refractivity contribution in [1.29, 1.82) is 0 Å². The summed E-state index contributed by atoms with van der Waals surface area (Å²) < 4.78 is 35.5. The van der Waals surface area contributed by atoms with Gasteiger partial charge in [0.2, 0.25) is 0 Å². The summed E-state index contributed by atoms with van der Waals surface area (Å²) in [6, 6.07) is 11.6. The first kappa shape index (κ1) is 26.2. The van der Waals surface area contributed by atoms with Crippen molar-refractivity contribution >= 4 is 37.3 Å². The SMILES string of the molecule is Cc1ccc(S(=O)(=O)N2CCc3c(CCO[Si](C)(C)C(C)(C)C)ccc([Si](C)(C)C)c32)cc1. The van der Waals surface area contributed by atoms with E-state index in [4.69, 9.17) is 4.43 Å². The minimum Gasteiger partial charge on any atom is -0.416 e. The van der Waals surface area contributed by atoms with Crippen molar-refractivity contribution in [2.75, 3.05) is 17.5 Å². The van der Waals surface area contributed by atoms with Crippen LogP contribution in [-0.4, -0.2) is 38.0 Å². The van der Waals surface area contributed by atoms with E-state index in [2.05, 4.69) is 65.6 Å². The monoisotopic (exact) mass is 503 g/mol. The fourth-order valence-electron chi connectivity index (χ4n) is 4.12. The number of hydrogen-bond donors (Lipinski definition) is 0. The van der Waals surface area contributed by atoms with Gasteiger partial charge in [-0.3, -0.25) is 4.31 Å². The zero-order chi connectivity index (χ0) is 24.8. The maximum Gasteiger partial charge on any atom is 0.264 e. The van der Waals surface area contributed by atoms with E-state index in [-0.39, 0.29) is 5.04 Å². The van der Waals surface area contributed by atoms with Gasteiger partial charge >= 0.3 is 0 Å². The van der Waals surface area contributed by atoms with Crippen molar-refractivity contribution < 1.29 is 12.8 Å². The zero-order valence-electron chi connectivity index (χ0n) is 21.9. The molecule has 0 amide bonds. The molecule has 0 aliphatic carbocycles. The average molecular weight is 504 g/mol. The molecule has 3 rings (SSSR count). The number of hydrogen-bond acceptors (Lipinski definition) is 3. The first-order valence-electron chi connectivity index (χ1n) is 11.9. The Morgan fingerprint density at radius 1 is 0.970 bits per heavy atom. The maximum absolute atomic E-state index is 13.7. The molecule has 2 aromatic rings. The van der Waals surface area contributed by atoms with Crippen LogP contribution in [0, 0.1) is 6.92 Å². The van der Waals surface area contributed by atoms with Gasteiger partial charge < -0.3 is 4.43 Å². The van der Waals surface area contributed by atoms with E-state index >= 15 is 0 Å². The van der Waals surface area contributed by atoms with Gasteiger partial charge in [0.05, 0.1) is 18.7 Å². The quantitative estimate of drug-likeness (QED) is 0.445. The largest absolute Gasteiger partial charge is 0.416 e. The van der Waals surface area contributed by atoms with Crippen LogP contribution >= 0.6 is 0 Å². The van der Waals surface area contributed by atoms with Crippen molar-refractivity contribution in [3.8, 4) is 0 Å². The molecule has 0 aromatic heterocycles. The Balaban J connectivity index is 1.99. The third-order valence-electron chi connectivity index (χ3n) is 7.25. The Bertz CT molecular complexity index is 1110. The molecule has 4 nitrogen and oxygen atoms in total. The molecule has 0 radical (unpaired) electrons. The molecule has 7 heteroatoms. The minimum atomic E-state index is -3.60. The third-order valence-corrected chi connectivity index (χ3v) is 15.6. The molecule has 0 saturated heterocycles. The van der Waals surface area contributed by atoms with Gasteiger partial charge in [0, 0.05) is 13.2 Å². The van der Waals surface area contributed by atoms with Crippen LogP contribution in [-0.2, 0) is 27.3 Å². The zero-order valence-corrected chi connectivity index (χ0v) is 24.7. The van der Waals surface area contributed by atoms with E-state index in [1.165, 1.54) is 16.3 Å². The summed E-state index contributed by atoms with van der Waals surface area (Å²) in [5.41, 5.74) is 4.43. The standard InChI is InChI=1S/C26H41NO3SSi2/c1-20-10-13-22(14-11-20)31(28,29)27-18-16-23-21(12-15-24(25(23)27)32(5,6)7)17-19-30-33(8,9)26(2,3)4/h10-15H,16-19H2,1-9H3. The van der Waals surface area contributed by atoms with Gasteiger partial charge in [-0.1, -0.05) is 70.2 Å². The van der Waals surface area contributed by atoms with Gasteiger partial charge in [0.1, 0.15) is 0 Å². The minimum absolute atomic E-state index is 0.176. The summed E-state index contributed by atoms with van der Waals surface area (Å²) >= 11 is 0. The van der Waals surface area contributed by atoms with Crippen molar-refractivity contribution in [2.45, 2.75) is 83.2 Å². The number of sulfonamides is 1. The molecular weight excluding hydrogens is 463 g/mol. The number of benzene rings is 2. The summed E-state index contributed by atoms with van der Waals surface area (Å²) in [4.78, 5) is 0.370. The molecule has 0 saturated carbocycles. The topological polar surface area (TPSA) is 46.6 Å². The molecular formula is C26H41NO3SSi2. The number of rotatable bonds is 7.